The molecule has 0 radical (unpaired) electrons. The third-order valence-corrected chi connectivity index (χ3v) is 3.65. The fourth-order valence-electron chi connectivity index (χ4n) is 1.24. The molecule has 1 N–H and O–H groups in total. The second-order valence-corrected chi connectivity index (χ2v) is 5.10. The molecular formula is C12H18NO3P. The quantitative estimate of drug-likeness (QED) is 0.752. The standard InChI is InChI=1S/C12H18NO3P/c1-3-15-17(14,16-4-2)11-10-13-12-8-6-5-7-9-12/h5-11,13H,3-4H2,1-2H3/b11-10+. The molecule has 17 heavy (non-hydrogen) atoms. The molecule has 0 bridgehead atoms. The summed E-state index contributed by atoms with van der Waals surface area (Å²) in [7, 11) is -3.10. The maximum Gasteiger partial charge on any atom is 0.355 e. The van der Waals surface area contributed by atoms with Gasteiger partial charge in [-0.15, -0.1) is 0 Å². The molecule has 0 saturated carbocycles. The van der Waals surface area contributed by atoms with Crippen LogP contribution in [0.5, 0.6) is 0 Å². The number of hydrogen-bond acceptors (Lipinski definition) is 4. The lowest BCUT2D eigenvalue weighted by Crippen LogP contribution is -1.94. The molecule has 0 atom stereocenters. The Morgan fingerprint density at radius 2 is 1.76 bits per heavy atom. The number of anilines is 1. The van der Waals surface area contributed by atoms with Crippen LogP contribution in [-0.2, 0) is 13.6 Å². The molecule has 0 saturated heterocycles. The Hall–Kier alpha value is -1.09. The van der Waals surface area contributed by atoms with Gasteiger partial charge >= 0.3 is 7.60 Å². The molecule has 94 valence electrons. The molecule has 0 fully saturated rings. The molecule has 5 heteroatoms. The Morgan fingerprint density at radius 1 is 1.18 bits per heavy atom. The normalized spacial score (nSPS) is 11.9. The summed E-state index contributed by atoms with van der Waals surface area (Å²) in [6.45, 7) is 4.27. The van der Waals surface area contributed by atoms with Gasteiger partial charge in [0.1, 0.15) is 0 Å². The van der Waals surface area contributed by atoms with E-state index in [1.807, 2.05) is 30.3 Å². The van der Waals surface area contributed by atoms with Crippen molar-refractivity contribution < 1.29 is 13.6 Å². The summed E-state index contributed by atoms with van der Waals surface area (Å²) in [6, 6.07) is 9.59. The Kier molecular flexibility index (Phi) is 5.98. The van der Waals surface area contributed by atoms with Gasteiger partial charge in [0.25, 0.3) is 0 Å². The second-order valence-electron chi connectivity index (χ2n) is 3.20. The van der Waals surface area contributed by atoms with Crippen LogP contribution in [0.25, 0.3) is 0 Å². The summed E-state index contributed by atoms with van der Waals surface area (Å²) < 4.78 is 22.3. The zero-order chi connectivity index (χ0) is 12.6. The van der Waals surface area contributed by atoms with Gasteiger partial charge in [-0.05, 0) is 26.0 Å². The van der Waals surface area contributed by atoms with Gasteiger partial charge in [0.05, 0.1) is 13.2 Å². The monoisotopic (exact) mass is 255 g/mol. The van der Waals surface area contributed by atoms with E-state index >= 15 is 0 Å². The van der Waals surface area contributed by atoms with Gasteiger partial charge in [0.2, 0.25) is 0 Å². The van der Waals surface area contributed by atoms with E-state index in [2.05, 4.69) is 5.32 Å². The van der Waals surface area contributed by atoms with Crippen molar-refractivity contribution in [1.82, 2.24) is 0 Å². The van der Waals surface area contributed by atoms with E-state index in [-0.39, 0.29) is 0 Å². The SMILES string of the molecule is CCOP(=O)(/C=C/Nc1ccccc1)OCC. The summed E-state index contributed by atoms with van der Waals surface area (Å²) in [5.74, 6) is 1.44. The minimum absolute atomic E-state index is 0.354. The van der Waals surface area contributed by atoms with Gasteiger partial charge in [-0.3, -0.25) is 4.57 Å². The van der Waals surface area contributed by atoms with E-state index in [4.69, 9.17) is 9.05 Å². The minimum Gasteiger partial charge on any atom is -0.361 e. The highest BCUT2D eigenvalue weighted by Crippen LogP contribution is 2.49. The first-order valence-corrected chi connectivity index (χ1v) is 7.19. The van der Waals surface area contributed by atoms with Gasteiger partial charge in [-0.1, -0.05) is 18.2 Å². The average molecular weight is 255 g/mol. The van der Waals surface area contributed by atoms with Crippen LogP contribution in [0.4, 0.5) is 5.69 Å². The molecule has 0 aliphatic rings. The number of para-hydroxylation sites is 1. The molecule has 0 spiro atoms. The lowest BCUT2D eigenvalue weighted by atomic mass is 10.3. The number of nitrogens with one attached hydrogen (secondary N) is 1. The van der Waals surface area contributed by atoms with Gasteiger partial charge < -0.3 is 14.4 Å². The van der Waals surface area contributed by atoms with E-state index in [0.29, 0.717) is 13.2 Å². The van der Waals surface area contributed by atoms with Crippen molar-refractivity contribution in [3.8, 4) is 0 Å². The van der Waals surface area contributed by atoms with Crippen molar-refractivity contribution in [3.05, 3.63) is 42.3 Å². The Labute approximate surface area is 102 Å². The van der Waals surface area contributed by atoms with Crippen LogP contribution in [-0.4, -0.2) is 13.2 Å². The summed E-state index contributed by atoms with van der Waals surface area (Å²) in [5, 5.41) is 3.00. The van der Waals surface area contributed by atoms with Crippen LogP contribution in [0.3, 0.4) is 0 Å². The van der Waals surface area contributed by atoms with Crippen molar-refractivity contribution >= 4 is 13.3 Å². The predicted octanol–water partition coefficient (Wildman–Crippen LogP) is 3.84. The van der Waals surface area contributed by atoms with Crippen molar-refractivity contribution in [2.75, 3.05) is 18.5 Å². The number of benzene rings is 1. The average Bonchev–Trinajstić information content (AvgIpc) is 2.31. The highest BCUT2D eigenvalue weighted by atomic mass is 31.2. The molecule has 0 unspecified atom stereocenters. The van der Waals surface area contributed by atoms with Gasteiger partial charge in [0, 0.05) is 17.7 Å². The second kappa shape index (κ2) is 7.28. The third-order valence-electron chi connectivity index (χ3n) is 1.90. The fourth-order valence-corrected chi connectivity index (χ4v) is 2.47. The van der Waals surface area contributed by atoms with Crippen molar-refractivity contribution in [2.45, 2.75) is 13.8 Å². The first-order chi connectivity index (χ1) is 8.20. The van der Waals surface area contributed by atoms with Crippen LogP contribution < -0.4 is 5.32 Å². The molecule has 4 nitrogen and oxygen atoms in total. The van der Waals surface area contributed by atoms with Crippen LogP contribution in [0.15, 0.2) is 42.3 Å². The lowest BCUT2D eigenvalue weighted by Gasteiger charge is -2.12. The van der Waals surface area contributed by atoms with Crippen LogP contribution >= 0.6 is 7.60 Å². The smallest absolute Gasteiger partial charge is 0.355 e. The fraction of sp³-hybridized carbons (Fsp3) is 0.333. The summed E-state index contributed by atoms with van der Waals surface area (Å²) in [6.07, 6.45) is 1.58. The molecule has 1 rings (SSSR count). The lowest BCUT2D eigenvalue weighted by molar-refractivity contribution is 0.229. The number of rotatable bonds is 7. The zero-order valence-electron chi connectivity index (χ0n) is 10.1. The topological polar surface area (TPSA) is 47.6 Å². The third kappa shape index (κ3) is 5.18. The molecule has 1 aromatic rings. The van der Waals surface area contributed by atoms with Crippen LogP contribution in [0.2, 0.25) is 0 Å². The molecule has 0 amide bonds. The van der Waals surface area contributed by atoms with Crippen LogP contribution in [0.1, 0.15) is 13.8 Å². The molecule has 0 heterocycles. The zero-order valence-corrected chi connectivity index (χ0v) is 11.0. The van der Waals surface area contributed by atoms with Crippen molar-refractivity contribution in [1.29, 1.82) is 0 Å². The number of hydrogen-bond donors (Lipinski definition) is 1. The summed E-state index contributed by atoms with van der Waals surface area (Å²) in [5.41, 5.74) is 0.920. The highest BCUT2D eigenvalue weighted by Gasteiger charge is 2.18. The Morgan fingerprint density at radius 3 is 2.29 bits per heavy atom. The summed E-state index contributed by atoms with van der Waals surface area (Å²) >= 11 is 0. The molecule has 1 aromatic carbocycles. The van der Waals surface area contributed by atoms with E-state index < -0.39 is 7.60 Å². The van der Waals surface area contributed by atoms with Crippen LogP contribution in [0, 0.1) is 0 Å². The van der Waals surface area contributed by atoms with Gasteiger partial charge in [0.15, 0.2) is 0 Å². The largest absolute Gasteiger partial charge is 0.361 e. The van der Waals surface area contributed by atoms with E-state index in [1.165, 1.54) is 5.82 Å². The summed E-state index contributed by atoms with van der Waals surface area (Å²) in [4.78, 5) is 0. The minimum atomic E-state index is -3.10. The maximum absolute atomic E-state index is 12.0. The van der Waals surface area contributed by atoms with Crippen molar-refractivity contribution in [3.63, 3.8) is 0 Å². The first-order valence-electron chi connectivity index (χ1n) is 5.58. The first kappa shape index (κ1) is 14.0. The maximum atomic E-state index is 12.0. The molecule has 0 aromatic heterocycles. The van der Waals surface area contributed by atoms with E-state index in [0.717, 1.165) is 5.69 Å². The predicted molar refractivity (Wildman–Crippen MR) is 70.1 cm³/mol. The Balaban J connectivity index is 2.58. The van der Waals surface area contributed by atoms with Crippen molar-refractivity contribution in [2.24, 2.45) is 0 Å². The molecule has 0 aliphatic carbocycles. The Bertz CT molecular complexity index is 382. The van der Waals surface area contributed by atoms with E-state index in [9.17, 15) is 4.57 Å². The highest BCUT2D eigenvalue weighted by molar-refractivity contribution is 7.57. The van der Waals surface area contributed by atoms with Gasteiger partial charge in [-0.25, -0.2) is 0 Å². The molecule has 0 aliphatic heterocycles. The molecular weight excluding hydrogens is 237 g/mol. The van der Waals surface area contributed by atoms with E-state index in [1.54, 1.807) is 20.0 Å². The van der Waals surface area contributed by atoms with Gasteiger partial charge in [-0.2, -0.15) is 0 Å².